The summed E-state index contributed by atoms with van der Waals surface area (Å²) in [6.07, 6.45) is 0. The summed E-state index contributed by atoms with van der Waals surface area (Å²) in [5, 5.41) is 12.8. The first kappa shape index (κ1) is 12.9. The van der Waals surface area contributed by atoms with Crippen LogP contribution in [0, 0.1) is 0 Å². The van der Waals surface area contributed by atoms with Gasteiger partial charge in [0.25, 0.3) is 5.91 Å². The van der Waals surface area contributed by atoms with E-state index in [0.717, 1.165) is 0 Å². The molecule has 1 amide bonds. The van der Waals surface area contributed by atoms with Crippen molar-refractivity contribution in [3.8, 4) is 5.75 Å². The van der Waals surface area contributed by atoms with Crippen LogP contribution in [0.3, 0.4) is 0 Å². The summed E-state index contributed by atoms with van der Waals surface area (Å²) in [5.74, 6) is -0.426. The predicted molar refractivity (Wildman–Crippen MR) is 75.2 cm³/mol. The molecule has 0 aliphatic heterocycles. The molecule has 92 valence electrons. The van der Waals surface area contributed by atoms with E-state index in [9.17, 15) is 9.90 Å². The average Bonchev–Trinajstić information content (AvgIpc) is 2.34. The number of hydrogen-bond acceptors (Lipinski definition) is 2. The molecule has 5 heteroatoms. The van der Waals surface area contributed by atoms with E-state index in [-0.39, 0.29) is 17.2 Å². The van der Waals surface area contributed by atoms with Gasteiger partial charge in [0.15, 0.2) is 0 Å². The Hall–Kier alpha value is -1.52. The van der Waals surface area contributed by atoms with Gasteiger partial charge in [-0.3, -0.25) is 4.79 Å². The molecule has 0 atom stereocenters. The summed E-state index contributed by atoms with van der Waals surface area (Å²) in [5.41, 5.74) is 0.822. The van der Waals surface area contributed by atoms with Gasteiger partial charge in [-0.1, -0.05) is 23.7 Å². The van der Waals surface area contributed by atoms with E-state index in [2.05, 4.69) is 21.2 Å². The van der Waals surface area contributed by atoms with Gasteiger partial charge in [-0.05, 0) is 46.3 Å². The van der Waals surface area contributed by atoms with Crippen molar-refractivity contribution >= 4 is 39.1 Å². The third kappa shape index (κ3) is 2.83. The summed E-state index contributed by atoms with van der Waals surface area (Å²) in [4.78, 5) is 11.9. The zero-order valence-electron chi connectivity index (χ0n) is 9.15. The van der Waals surface area contributed by atoms with E-state index < -0.39 is 0 Å². The Bertz CT molecular complexity index is 601. The lowest BCUT2D eigenvalue weighted by Crippen LogP contribution is -2.11. The molecule has 0 bridgehead atoms. The number of anilines is 1. The van der Waals surface area contributed by atoms with Gasteiger partial charge >= 0.3 is 0 Å². The third-order valence-electron chi connectivity index (χ3n) is 2.33. The van der Waals surface area contributed by atoms with Crippen molar-refractivity contribution in [1.29, 1.82) is 0 Å². The van der Waals surface area contributed by atoms with Crippen molar-refractivity contribution in [3.63, 3.8) is 0 Å². The quantitative estimate of drug-likeness (QED) is 0.874. The average molecular weight is 327 g/mol. The van der Waals surface area contributed by atoms with Gasteiger partial charge in [-0.2, -0.15) is 0 Å². The second-order valence-corrected chi connectivity index (χ2v) is 4.86. The van der Waals surface area contributed by atoms with Crippen LogP contribution in [-0.2, 0) is 0 Å². The molecule has 0 unspecified atom stereocenters. The molecule has 0 aromatic heterocycles. The molecule has 0 aliphatic carbocycles. The molecule has 2 rings (SSSR count). The molecule has 0 aliphatic rings. The Morgan fingerprint density at radius 1 is 1.22 bits per heavy atom. The number of phenols is 1. The lowest BCUT2D eigenvalue weighted by atomic mass is 10.2. The molecule has 2 aromatic rings. The fourth-order valence-electron chi connectivity index (χ4n) is 1.44. The molecule has 0 saturated heterocycles. The highest BCUT2D eigenvalue weighted by atomic mass is 79.9. The van der Waals surface area contributed by atoms with E-state index in [1.807, 2.05) is 0 Å². The smallest absolute Gasteiger partial charge is 0.259 e. The highest BCUT2D eigenvalue weighted by molar-refractivity contribution is 9.10. The number of nitrogens with one attached hydrogen (secondary N) is 1. The minimum Gasteiger partial charge on any atom is -0.507 e. The van der Waals surface area contributed by atoms with Crippen molar-refractivity contribution in [2.75, 3.05) is 5.32 Å². The van der Waals surface area contributed by atoms with Gasteiger partial charge in [-0.25, -0.2) is 0 Å². The van der Waals surface area contributed by atoms with Gasteiger partial charge in [0.05, 0.1) is 10.6 Å². The molecule has 0 heterocycles. The highest BCUT2D eigenvalue weighted by Gasteiger charge is 2.10. The number of aromatic hydroxyl groups is 1. The van der Waals surface area contributed by atoms with E-state index in [0.29, 0.717) is 15.2 Å². The molecule has 18 heavy (non-hydrogen) atoms. The molecule has 0 radical (unpaired) electrons. The van der Waals surface area contributed by atoms with Crippen LogP contribution in [0.5, 0.6) is 5.75 Å². The highest BCUT2D eigenvalue weighted by Crippen LogP contribution is 2.26. The van der Waals surface area contributed by atoms with Gasteiger partial charge in [-0.15, -0.1) is 0 Å². The Labute approximate surface area is 118 Å². The molecule has 3 nitrogen and oxygen atoms in total. The molecular formula is C13H9BrClNO2. The Morgan fingerprint density at radius 3 is 2.61 bits per heavy atom. The molecule has 0 saturated carbocycles. The van der Waals surface area contributed by atoms with Crippen LogP contribution in [0.2, 0.25) is 5.02 Å². The number of carbonyl (C=O) groups is 1. The number of benzene rings is 2. The van der Waals surface area contributed by atoms with Crippen LogP contribution in [0.4, 0.5) is 5.69 Å². The minimum absolute atomic E-state index is 0.0528. The number of carbonyl (C=O) groups excluding carboxylic acids is 1. The van der Waals surface area contributed by atoms with Gasteiger partial charge in [0.2, 0.25) is 0 Å². The maximum atomic E-state index is 11.9. The second-order valence-electron chi connectivity index (χ2n) is 3.60. The first-order chi connectivity index (χ1) is 8.58. The van der Waals surface area contributed by atoms with Crippen molar-refractivity contribution in [2.45, 2.75) is 0 Å². The standard InChI is InChI=1S/C13H9BrClNO2/c14-10-7-8(5-6-11(10)15)16-13(18)9-3-1-2-4-12(9)17/h1-7,17H,(H,16,18). The number of hydrogen-bond donors (Lipinski definition) is 2. The molecule has 2 aromatic carbocycles. The first-order valence-corrected chi connectivity index (χ1v) is 6.29. The SMILES string of the molecule is O=C(Nc1ccc(Cl)c(Br)c1)c1ccccc1O. The van der Waals surface area contributed by atoms with Crippen LogP contribution in [0.15, 0.2) is 46.9 Å². The molecule has 2 N–H and O–H groups in total. The zero-order chi connectivity index (χ0) is 13.1. The van der Waals surface area contributed by atoms with Gasteiger partial charge in [0, 0.05) is 10.2 Å². The largest absolute Gasteiger partial charge is 0.507 e. The Morgan fingerprint density at radius 2 is 1.94 bits per heavy atom. The Balaban J connectivity index is 2.22. The molecule has 0 spiro atoms. The number of amides is 1. The van der Waals surface area contributed by atoms with E-state index in [1.54, 1.807) is 36.4 Å². The van der Waals surface area contributed by atoms with E-state index in [1.165, 1.54) is 6.07 Å². The van der Waals surface area contributed by atoms with Crippen LogP contribution in [-0.4, -0.2) is 11.0 Å². The monoisotopic (exact) mass is 325 g/mol. The number of para-hydroxylation sites is 1. The van der Waals surface area contributed by atoms with Crippen molar-refractivity contribution in [2.24, 2.45) is 0 Å². The molecule has 0 fully saturated rings. The zero-order valence-corrected chi connectivity index (χ0v) is 11.5. The Kier molecular flexibility index (Phi) is 3.89. The van der Waals surface area contributed by atoms with E-state index >= 15 is 0 Å². The lowest BCUT2D eigenvalue weighted by molar-refractivity contribution is 0.102. The fraction of sp³-hybridized carbons (Fsp3) is 0. The van der Waals surface area contributed by atoms with Crippen LogP contribution < -0.4 is 5.32 Å². The maximum absolute atomic E-state index is 11.9. The van der Waals surface area contributed by atoms with Gasteiger partial charge in [0.1, 0.15) is 5.75 Å². The number of phenolic OH excluding ortho intramolecular Hbond substituents is 1. The first-order valence-electron chi connectivity index (χ1n) is 5.12. The van der Waals surface area contributed by atoms with Gasteiger partial charge < -0.3 is 10.4 Å². The van der Waals surface area contributed by atoms with Crippen LogP contribution >= 0.6 is 27.5 Å². The minimum atomic E-state index is -0.373. The summed E-state index contributed by atoms with van der Waals surface area (Å²) in [7, 11) is 0. The summed E-state index contributed by atoms with van der Waals surface area (Å²) in [6.45, 7) is 0. The summed E-state index contributed by atoms with van der Waals surface area (Å²) >= 11 is 9.13. The topological polar surface area (TPSA) is 49.3 Å². The number of rotatable bonds is 2. The van der Waals surface area contributed by atoms with E-state index in [4.69, 9.17) is 11.6 Å². The van der Waals surface area contributed by atoms with Crippen molar-refractivity contribution in [3.05, 3.63) is 57.5 Å². The van der Waals surface area contributed by atoms with Crippen molar-refractivity contribution < 1.29 is 9.90 Å². The number of halogens is 2. The predicted octanol–water partition coefficient (Wildman–Crippen LogP) is 4.06. The van der Waals surface area contributed by atoms with Crippen molar-refractivity contribution in [1.82, 2.24) is 0 Å². The fourth-order valence-corrected chi connectivity index (χ4v) is 1.93. The lowest BCUT2D eigenvalue weighted by Gasteiger charge is -2.07. The maximum Gasteiger partial charge on any atom is 0.259 e. The summed E-state index contributed by atoms with van der Waals surface area (Å²) < 4.78 is 0.694. The van der Waals surface area contributed by atoms with Crippen LogP contribution in [0.1, 0.15) is 10.4 Å². The van der Waals surface area contributed by atoms with Crippen LogP contribution in [0.25, 0.3) is 0 Å². The second kappa shape index (κ2) is 5.42. The normalized spacial score (nSPS) is 10.1. The molecular weight excluding hydrogens is 318 g/mol. The third-order valence-corrected chi connectivity index (χ3v) is 3.54. The summed E-state index contributed by atoms with van der Waals surface area (Å²) in [6, 6.07) is 11.4.